The molecule has 4 nitrogen and oxygen atoms in total. The summed E-state index contributed by atoms with van der Waals surface area (Å²) in [5.41, 5.74) is 1.01. The van der Waals surface area contributed by atoms with Gasteiger partial charge in [-0.05, 0) is 42.0 Å². The van der Waals surface area contributed by atoms with Crippen LogP contribution < -0.4 is 5.32 Å². The Hall–Kier alpha value is -2.05. The third kappa shape index (κ3) is 3.33. The number of thiophene rings is 1. The normalized spacial score (nSPS) is 15.7. The van der Waals surface area contributed by atoms with Crippen molar-refractivity contribution in [1.29, 1.82) is 0 Å². The Balaban J connectivity index is 1.51. The summed E-state index contributed by atoms with van der Waals surface area (Å²) in [6.45, 7) is 0.486. The number of nitrogens with one attached hydrogen (secondary N) is 1. The van der Waals surface area contributed by atoms with Crippen molar-refractivity contribution in [3.05, 3.63) is 69.8 Å². The lowest BCUT2D eigenvalue weighted by Crippen LogP contribution is -2.21. The predicted octanol–water partition coefficient (Wildman–Crippen LogP) is 4.03. The summed E-state index contributed by atoms with van der Waals surface area (Å²) < 4.78 is 18.5. The SMILES string of the molecule is Fc1ccc(C(NCc2nc(C3CC3)no2)c2cccs2)cc1. The van der Waals surface area contributed by atoms with E-state index in [1.165, 1.54) is 17.0 Å². The molecule has 1 aliphatic carbocycles. The zero-order valence-electron chi connectivity index (χ0n) is 12.4. The van der Waals surface area contributed by atoms with Gasteiger partial charge in [-0.3, -0.25) is 5.32 Å². The average molecular weight is 329 g/mol. The number of benzene rings is 1. The molecule has 6 heteroatoms. The number of rotatable bonds is 6. The maximum atomic E-state index is 13.2. The molecule has 2 aromatic heterocycles. The molecule has 1 N–H and O–H groups in total. The summed E-state index contributed by atoms with van der Waals surface area (Å²) >= 11 is 1.66. The molecule has 0 spiro atoms. The molecule has 1 unspecified atom stereocenters. The Morgan fingerprint density at radius 2 is 2.09 bits per heavy atom. The molecule has 1 atom stereocenters. The van der Waals surface area contributed by atoms with Gasteiger partial charge < -0.3 is 4.52 Å². The van der Waals surface area contributed by atoms with Gasteiger partial charge in [0.2, 0.25) is 5.89 Å². The van der Waals surface area contributed by atoms with Gasteiger partial charge in [0.15, 0.2) is 5.82 Å². The fourth-order valence-corrected chi connectivity index (χ4v) is 3.36. The first-order chi connectivity index (χ1) is 11.3. The first kappa shape index (κ1) is 14.5. The number of halogens is 1. The van der Waals surface area contributed by atoms with Crippen molar-refractivity contribution in [2.75, 3.05) is 0 Å². The van der Waals surface area contributed by atoms with E-state index in [-0.39, 0.29) is 11.9 Å². The zero-order valence-corrected chi connectivity index (χ0v) is 13.2. The number of hydrogen-bond donors (Lipinski definition) is 1. The minimum atomic E-state index is -0.232. The van der Waals surface area contributed by atoms with Crippen LogP contribution in [0, 0.1) is 5.82 Å². The van der Waals surface area contributed by atoms with Gasteiger partial charge in [-0.1, -0.05) is 23.4 Å². The molecule has 1 aliphatic rings. The van der Waals surface area contributed by atoms with Crippen molar-refractivity contribution in [3.8, 4) is 0 Å². The Morgan fingerprint density at radius 3 is 2.78 bits per heavy atom. The maximum Gasteiger partial charge on any atom is 0.240 e. The number of nitrogens with zero attached hydrogens (tertiary/aromatic N) is 2. The minimum Gasteiger partial charge on any atom is -0.338 e. The second-order valence-electron chi connectivity index (χ2n) is 5.70. The van der Waals surface area contributed by atoms with Gasteiger partial charge in [-0.25, -0.2) is 4.39 Å². The molecule has 1 fully saturated rings. The molecule has 0 aliphatic heterocycles. The van der Waals surface area contributed by atoms with Gasteiger partial charge in [0.1, 0.15) is 5.82 Å². The van der Waals surface area contributed by atoms with E-state index in [0.29, 0.717) is 18.4 Å². The van der Waals surface area contributed by atoms with Crippen LogP contribution in [0.4, 0.5) is 4.39 Å². The molecule has 118 valence electrons. The van der Waals surface area contributed by atoms with Crippen LogP contribution in [0.3, 0.4) is 0 Å². The highest BCUT2D eigenvalue weighted by atomic mass is 32.1. The van der Waals surface area contributed by atoms with Gasteiger partial charge in [-0.2, -0.15) is 4.98 Å². The van der Waals surface area contributed by atoms with Crippen molar-refractivity contribution < 1.29 is 8.91 Å². The molecule has 2 heterocycles. The fraction of sp³-hybridized carbons (Fsp3) is 0.294. The van der Waals surface area contributed by atoms with Gasteiger partial charge in [-0.15, -0.1) is 11.3 Å². The Kier molecular flexibility index (Phi) is 3.93. The average Bonchev–Trinajstić information content (AvgIpc) is 3.08. The molecule has 0 radical (unpaired) electrons. The maximum absolute atomic E-state index is 13.2. The van der Waals surface area contributed by atoms with Crippen molar-refractivity contribution in [2.45, 2.75) is 31.3 Å². The quantitative estimate of drug-likeness (QED) is 0.742. The second-order valence-corrected chi connectivity index (χ2v) is 6.68. The Labute approximate surface area is 137 Å². The summed E-state index contributed by atoms with van der Waals surface area (Å²) in [4.78, 5) is 5.60. The van der Waals surface area contributed by atoms with E-state index in [4.69, 9.17) is 4.52 Å². The van der Waals surface area contributed by atoms with E-state index < -0.39 is 0 Å². The Bertz CT molecular complexity index is 766. The van der Waals surface area contributed by atoms with Crippen LogP contribution in [0.25, 0.3) is 0 Å². The molecule has 1 saturated carbocycles. The van der Waals surface area contributed by atoms with Crippen molar-refractivity contribution in [3.63, 3.8) is 0 Å². The highest BCUT2D eigenvalue weighted by Gasteiger charge is 2.28. The van der Waals surface area contributed by atoms with Gasteiger partial charge in [0.05, 0.1) is 12.6 Å². The highest BCUT2D eigenvalue weighted by molar-refractivity contribution is 7.10. The lowest BCUT2D eigenvalue weighted by Gasteiger charge is -2.17. The van der Waals surface area contributed by atoms with E-state index in [2.05, 4.69) is 21.5 Å². The summed E-state index contributed by atoms with van der Waals surface area (Å²) in [6.07, 6.45) is 2.31. The van der Waals surface area contributed by atoms with Crippen LogP contribution in [0.5, 0.6) is 0 Å². The fourth-order valence-electron chi connectivity index (χ4n) is 2.53. The largest absolute Gasteiger partial charge is 0.338 e. The van der Waals surface area contributed by atoms with Crippen LogP contribution in [-0.4, -0.2) is 10.1 Å². The van der Waals surface area contributed by atoms with Crippen LogP contribution in [0.2, 0.25) is 0 Å². The number of aromatic nitrogens is 2. The van der Waals surface area contributed by atoms with Crippen molar-refractivity contribution in [1.82, 2.24) is 15.5 Å². The standard InChI is InChI=1S/C17H16FN3OS/c18-13-7-5-11(6-8-13)16(14-2-1-9-23-14)19-10-15-20-17(21-22-15)12-3-4-12/h1-2,5-9,12,16,19H,3-4,10H2. The summed E-state index contributed by atoms with van der Waals surface area (Å²) in [5, 5.41) is 9.50. The summed E-state index contributed by atoms with van der Waals surface area (Å²) in [5.74, 6) is 1.66. The van der Waals surface area contributed by atoms with E-state index in [9.17, 15) is 4.39 Å². The van der Waals surface area contributed by atoms with Gasteiger partial charge >= 0.3 is 0 Å². The van der Waals surface area contributed by atoms with Crippen molar-refractivity contribution >= 4 is 11.3 Å². The lowest BCUT2D eigenvalue weighted by atomic mass is 10.1. The Morgan fingerprint density at radius 1 is 1.26 bits per heavy atom. The second kappa shape index (κ2) is 6.22. The topological polar surface area (TPSA) is 51.0 Å². The van der Waals surface area contributed by atoms with E-state index in [0.717, 1.165) is 24.2 Å². The first-order valence-electron chi connectivity index (χ1n) is 7.64. The monoisotopic (exact) mass is 329 g/mol. The molecule has 23 heavy (non-hydrogen) atoms. The molecule has 4 rings (SSSR count). The summed E-state index contributed by atoms with van der Waals surface area (Å²) in [6, 6.07) is 10.6. The van der Waals surface area contributed by atoms with Crippen LogP contribution >= 0.6 is 11.3 Å². The van der Waals surface area contributed by atoms with E-state index in [1.54, 1.807) is 23.5 Å². The molecule has 0 bridgehead atoms. The van der Waals surface area contributed by atoms with Crippen molar-refractivity contribution in [2.24, 2.45) is 0 Å². The number of hydrogen-bond acceptors (Lipinski definition) is 5. The lowest BCUT2D eigenvalue weighted by molar-refractivity contribution is 0.358. The third-order valence-corrected chi connectivity index (χ3v) is 4.85. The zero-order chi connectivity index (χ0) is 15.6. The van der Waals surface area contributed by atoms with Gasteiger partial charge in [0.25, 0.3) is 0 Å². The molecular weight excluding hydrogens is 313 g/mol. The van der Waals surface area contributed by atoms with Crippen LogP contribution in [-0.2, 0) is 6.54 Å². The minimum absolute atomic E-state index is 0.0214. The van der Waals surface area contributed by atoms with Gasteiger partial charge in [0, 0.05) is 10.8 Å². The highest BCUT2D eigenvalue weighted by Crippen LogP contribution is 2.38. The third-order valence-electron chi connectivity index (χ3n) is 3.91. The molecule has 0 amide bonds. The van der Waals surface area contributed by atoms with Crippen LogP contribution in [0.15, 0.2) is 46.3 Å². The van der Waals surface area contributed by atoms with E-state index in [1.807, 2.05) is 11.4 Å². The molecule has 0 saturated heterocycles. The predicted molar refractivity (Wildman–Crippen MR) is 85.7 cm³/mol. The molecule has 1 aromatic carbocycles. The molecule has 3 aromatic rings. The first-order valence-corrected chi connectivity index (χ1v) is 8.52. The summed E-state index contributed by atoms with van der Waals surface area (Å²) in [7, 11) is 0. The van der Waals surface area contributed by atoms with E-state index >= 15 is 0 Å². The van der Waals surface area contributed by atoms with Crippen LogP contribution in [0.1, 0.15) is 47.0 Å². The smallest absolute Gasteiger partial charge is 0.240 e. The molecular formula is C17H16FN3OS.